The van der Waals surface area contributed by atoms with Crippen molar-refractivity contribution >= 4 is 5.65 Å². The van der Waals surface area contributed by atoms with Crippen LogP contribution in [-0.4, -0.2) is 15.4 Å². The summed E-state index contributed by atoms with van der Waals surface area (Å²) in [6, 6.07) is 4.63. The predicted molar refractivity (Wildman–Crippen MR) is 61.9 cm³/mol. The molecule has 0 radical (unpaired) electrons. The number of pyridine rings is 1. The van der Waals surface area contributed by atoms with Crippen molar-refractivity contribution in [2.45, 2.75) is 33.4 Å². The highest BCUT2D eigenvalue weighted by Crippen LogP contribution is 2.09. The summed E-state index contributed by atoms with van der Waals surface area (Å²) >= 11 is 0. The molecule has 0 bridgehead atoms. The van der Waals surface area contributed by atoms with E-state index in [2.05, 4.69) is 47.7 Å². The fourth-order valence-electron chi connectivity index (χ4n) is 1.60. The summed E-state index contributed by atoms with van der Waals surface area (Å²) < 4.78 is 2.08. The van der Waals surface area contributed by atoms with Gasteiger partial charge in [0.05, 0.1) is 5.69 Å². The molecule has 2 heterocycles. The van der Waals surface area contributed by atoms with Gasteiger partial charge in [0.25, 0.3) is 0 Å². The van der Waals surface area contributed by atoms with Crippen molar-refractivity contribution in [1.82, 2.24) is 14.7 Å². The number of rotatable bonds is 3. The van der Waals surface area contributed by atoms with Crippen LogP contribution in [0.4, 0.5) is 0 Å². The second kappa shape index (κ2) is 4.03. The highest BCUT2D eigenvalue weighted by Gasteiger charge is 2.03. The number of fused-ring (bicyclic) bond motifs is 1. The van der Waals surface area contributed by atoms with Gasteiger partial charge >= 0.3 is 0 Å². The summed E-state index contributed by atoms with van der Waals surface area (Å²) in [5.41, 5.74) is 3.37. The van der Waals surface area contributed by atoms with Gasteiger partial charge in [0, 0.05) is 25.0 Å². The van der Waals surface area contributed by atoms with Gasteiger partial charge in [-0.05, 0) is 18.6 Å². The molecule has 80 valence electrons. The van der Waals surface area contributed by atoms with Gasteiger partial charge in [-0.1, -0.05) is 19.9 Å². The van der Waals surface area contributed by atoms with E-state index >= 15 is 0 Å². The third-order valence-electron chi connectivity index (χ3n) is 2.42. The van der Waals surface area contributed by atoms with E-state index in [1.54, 1.807) is 0 Å². The second-order valence-corrected chi connectivity index (χ2v) is 4.19. The highest BCUT2D eigenvalue weighted by molar-refractivity contribution is 5.47. The topological polar surface area (TPSA) is 29.3 Å². The summed E-state index contributed by atoms with van der Waals surface area (Å²) in [6.45, 7) is 7.20. The zero-order chi connectivity index (χ0) is 10.8. The fraction of sp³-hybridized carbons (Fsp3) is 0.417. The fourth-order valence-corrected chi connectivity index (χ4v) is 1.60. The second-order valence-electron chi connectivity index (χ2n) is 4.19. The molecule has 15 heavy (non-hydrogen) atoms. The Morgan fingerprint density at radius 3 is 2.93 bits per heavy atom. The molecule has 0 fully saturated rings. The Morgan fingerprint density at radius 1 is 1.47 bits per heavy atom. The van der Waals surface area contributed by atoms with Crippen LogP contribution in [-0.2, 0) is 6.54 Å². The number of aromatic nitrogens is 2. The van der Waals surface area contributed by atoms with Gasteiger partial charge in [-0.2, -0.15) is 0 Å². The SMILES string of the molecule is Cc1cccn2cc(CNC(C)C)nc12. The molecule has 0 saturated carbocycles. The Kier molecular flexibility index (Phi) is 2.73. The molecule has 2 rings (SSSR count). The minimum atomic E-state index is 0.496. The Labute approximate surface area is 90.1 Å². The quantitative estimate of drug-likeness (QED) is 0.828. The van der Waals surface area contributed by atoms with Crippen LogP contribution in [0.3, 0.4) is 0 Å². The van der Waals surface area contributed by atoms with Crippen LogP contribution in [0.5, 0.6) is 0 Å². The summed E-state index contributed by atoms with van der Waals surface area (Å²) in [5, 5.41) is 3.37. The predicted octanol–water partition coefficient (Wildman–Crippen LogP) is 2.14. The van der Waals surface area contributed by atoms with E-state index < -0.39 is 0 Å². The van der Waals surface area contributed by atoms with Crippen molar-refractivity contribution in [3.8, 4) is 0 Å². The molecular weight excluding hydrogens is 186 g/mol. The standard InChI is InChI=1S/C12H17N3/c1-9(2)13-7-11-8-15-6-4-5-10(3)12(15)14-11/h4-6,8-9,13H,7H2,1-3H3. The largest absolute Gasteiger partial charge is 0.309 e. The zero-order valence-corrected chi connectivity index (χ0v) is 9.49. The van der Waals surface area contributed by atoms with Crippen molar-refractivity contribution in [2.24, 2.45) is 0 Å². The third kappa shape index (κ3) is 2.18. The van der Waals surface area contributed by atoms with E-state index in [0.29, 0.717) is 6.04 Å². The molecule has 0 aliphatic carbocycles. The molecule has 0 unspecified atom stereocenters. The first-order valence-corrected chi connectivity index (χ1v) is 5.33. The van der Waals surface area contributed by atoms with Gasteiger partial charge in [0.2, 0.25) is 0 Å². The first-order valence-electron chi connectivity index (χ1n) is 5.33. The summed E-state index contributed by atoms with van der Waals surface area (Å²) in [6.07, 6.45) is 4.12. The van der Waals surface area contributed by atoms with E-state index in [0.717, 1.165) is 17.9 Å². The summed E-state index contributed by atoms with van der Waals surface area (Å²) in [4.78, 5) is 4.58. The van der Waals surface area contributed by atoms with Crippen molar-refractivity contribution in [3.05, 3.63) is 35.8 Å². The number of hydrogen-bond acceptors (Lipinski definition) is 2. The van der Waals surface area contributed by atoms with E-state index in [1.807, 2.05) is 12.3 Å². The number of hydrogen-bond donors (Lipinski definition) is 1. The summed E-state index contributed by atoms with van der Waals surface area (Å²) in [5.74, 6) is 0. The third-order valence-corrected chi connectivity index (χ3v) is 2.42. The van der Waals surface area contributed by atoms with Crippen LogP contribution in [0, 0.1) is 6.92 Å². The van der Waals surface area contributed by atoms with Crippen LogP contribution in [0.1, 0.15) is 25.1 Å². The Balaban J connectivity index is 2.27. The van der Waals surface area contributed by atoms with Crippen LogP contribution >= 0.6 is 0 Å². The number of aryl methyl sites for hydroxylation is 1. The monoisotopic (exact) mass is 203 g/mol. The van der Waals surface area contributed by atoms with Crippen LogP contribution in [0.25, 0.3) is 5.65 Å². The molecule has 2 aromatic rings. The van der Waals surface area contributed by atoms with Crippen molar-refractivity contribution in [3.63, 3.8) is 0 Å². The van der Waals surface area contributed by atoms with Crippen molar-refractivity contribution < 1.29 is 0 Å². The number of nitrogens with zero attached hydrogens (tertiary/aromatic N) is 2. The minimum absolute atomic E-state index is 0.496. The highest BCUT2D eigenvalue weighted by atomic mass is 15.0. The van der Waals surface area contributed by atoms with Crippen molar-refractivity contribution in [2.75, 3.05) is 0 Å². The van der Waals surface area contributed by atoms with Gasteiger partial charge in [-0.3, -0.25) is 0 Å². The molecule has 0 atom stereocenters. The molecule has 0 aliphatic rings. The lowest BCUT2D eigenvalue weighted by Gasteiger charge is -2.04. The first-order chi connectivity index (χ1) is 7.16. The maximum Gasteiger partial charge on any atom is 0.139 e. The lowest BCUT2D eigenvalue weighted by atomic mass is 10.3. The zero-order valence-electron chi connectivity index (χ0n) is 9.49. The smallest absolute Gasteiger partial charge is 0.139 e. The lowest BCUT2D eigenvalue weighted by molar-refractivity contribution is 0.583. The van der Waals surface area contributed by atoms with Gasteiger partial charge in [-0.15, -0.1) is 0 Å². The first kappa shape index (κ1) is 10.2. The Bertz CT molecular complexity index is 457. The average molecular weight is 203 g/mol. The van der Waals surface area contributed by atoms with Gasteiger partial charge in [0.15, 0.2) is 0 Å². The molecule has 0 spiro atoms. The van der Waals surface area contributed by atoms with E-state index in [-0.39, 0.29) is 0 Å². The number of nitrogens with one attached hydrogen (secondary N) is 1. The van der Waals surface area contributed by atoms with E-state index in [1.165, 1.54) is 5.56 Å². The van der Waals surface area contributed by atoms with Gasteiger partial charge < -0.3 is 9.72 Å². The van der Waals surface area contributed by atoms with Crippen molar-refractivity contribution in [1.29, 1.82) is 0 Å². The molecule has 0 amide bonds. The molecule has 0 aromatic carbocycles. The van der Waals surface area contributed by atoms with E-state index in [4.69, 9.17) is 0 Å². The summed E-state index contributed by atoms with van der Waals surface area (Å²) in [7, 11) is 0. The Morgan fingerprint density at radius 2 is 2.27 bits per heavy atom. The van der Waals surface area contributed by atoms with Crippen LogP contribution in [0.15, 0.2) is 24.5 Å². The molecule has 3 nitrogen and oxygen atoms in total. The van der Waals surface area contributed by atoms with Gasteiger partial charge in [0.1, 0.15) is 5.65 Å². The molecule has 0 saturated heterocycles. The van der Waals surface area contributed by atoms with Crippen LogP contribution < -0.4 is 5.32 Å². The van der Waals surface area contributed by atoms with E-state index in [9.17, 15) is 0 Å². The molecular formula is C12H17N3. The van der Waals surface area contributed by atoms with Crippen LogP contribution in [0.2, 0.25) is 0 Å². The molecule has 0 aliphatic heterocycles. The van der Waals surface area contributed by atoms with Gasteiger partial charge in [-0.25, -0.2) is 4.98 Å². The minimum Gasteiger partial charge on any atom is -0.309 e. The maximum absolute atomic E-state index is 4.58. The molecule has 1 N–H and O–H groups in total. The average Bonchev–Trinajstić information content (AvgIpc) is 2.59. The number of imidazole rings is 1. The molecule has 2 aromatic heterocycles. The molecule has 3 heteroatoms. The lowest BCUT2D eigenvalue weighted by Crippen LogP contribution is -2.21. The maximum atomic E-state index is 4.58. The Hall–Kier alpha value is -1.35. The normalized spacial score (nSPS) is 11.5.